The monoisotopic (exact) mass is 388 g/mol. The van der Waals surface area contributed by atoms with E-state index in [1.807, 2.05) is 36.4 Å². The fraction of sp³-hybridized carbons (Fsp3) is 0.238. The van der Waals surface area contributed by atoms with Gasteiger partial charge in [-0.3, -0.25) is 9.78 Å². The Balaban J connectivity index is 1.59. The molecule has 4 aromatic rings. The zero-order valence-electron chi connectivity index (χ0n) is 15.6. The first-order chi connectivity index (χ1) is 14.1. The number of pyridine rings is 1. The van der Waals surface area contributed by atoms with Crippen molar-refractivity contribution in [3.05, 3.63) is 54.5 Å². The molecule has 0 bridgehead atoms. The van der Waals surface area contributed by atoms with Crippen molar-refractivity contribution in [2.24, 2.45) is 0 Å². The number of rotatable bonds is 3. The van der Waals surface area contributed by atoms with Gasteiger partial charge in [0.2, 0.25) is 0 Å². The number of nitrogens with zero attached hydrogens (tertiary/aromatic N) is 4. The lowest BCUT2D eigenvalue weighted by atomic mass is 9.92. The molecular formula is C21H20N6O2. The molecule has 1 aliphatic heterocycles. The average molecular weight is 388 g/mol. The van der Waals surface area contributed by atoms with Crippen molar-refractivity contribution >= 4 is 28.3 Å². The molecule has 0 saturated carbocycles. The Morgan fingerprint density at radius 1 is 1.21 bits per heavy atom. The number of anilines is 1. The lowest BCUT2D eigenvalue weighted by Gasteiger charge is -2.27. The van der Waals surface area contributed by atoms with Gasteiger partial charge in [0, 0.05) is 35.7 Å². The maximum Gasteiger partial charge on any atom is 0.320 e. The number of benzene rings is 1. The van der Waals surface area contributed by atoms with Gasteiger partial charge in [-0.25, -0.2) is 4.98 Å². The minimum atomic E-state index is -0.811. The Labute approximate surface area is 166 Å². The fourth-order valence-electron chi connectivity index (χ4n) is 4.06. The number of nitrogens with two attached hydrogens (primary N) is 1. The van der Waals surface area contributed by atoms with Crippen LogP contribution in [0.1, 0.15) is 24.5 Å². The number of piperidine rings is 1. The Bertz CT molecular complexity index is 1220. The predicted octanol–water partition coefficient (Wildman–Crippen LogP) is 2.45. The fourth-order valence-corrected chi connectivity index (χ4v) is 4.06. The normalized spacial score (nSPS) is 19.6. The van der Waals surface area contributed by atoms with Gasteiger partial charge >= 0.3 is 5.97 Å². The smallest absolute Gasteiger partial charge is 0.320 e. The molecule has 1 saturated heterocycles. The summed E-state index contributed by atoms with van der Waals surface area (Å²) in [4.78, 5) is 20.5. The summed E-state index contributed by atoms with van der Waals surface area (Å²) in [6.45, 7) is 0.557. The van der Waals surface area contributed by atoms with Gasteiger partial charge in [-0.1, -0.05) is 18.2 Å². The van der Waals surface area contributed by atoms with Crippen LogP contribution in [0.15, 0.2) is 48.8 Å². The topological polar surface area (TPSA) is 118 Å². The number of hydrogen-bond donors (Lipinski definition) is 3. The van der Waals surface area contributed by atoms with Crippen LogP contribution in [0.2, 0.25) is 0 Å². The number of fused-ring (bicyclic) bond motifs is 2. The molecule has 4 heterocycles. The van der Waals surface area contributed by atoms with Crippen LogP contribution in [-0.4, -0.2) is 43.2 Å². The highest BCUT2D eigenvalue weighted by molar-refractivity contribution is 5.97. The molecule has 1 aromatic carbocycles. The van der Waals surface area contributed by atoms with Crippen molar-refractivity contribution in [1.82, 2.24) is 24.9 Å². The van der Waals surface area contributed by atoms with Gasteiger partial charge in [-0.15, -0.1) is 0 Å². The molecule has 146 valence electrons. The van der Waals surface area contributed by atoms with Gasteiger partial charge in [0.1, 0.15) is 11.9 Å². The lowest BCUT2D eigenvalue weighted by molar-refractivity contribution is -0.140. The van der Waals surface area contributed by atoms with Gasteiger partial charge < -0.3 is 16.2 Å². The summed E-state index contributed by atoms with van der Waals surface area (Å²) < 4.78 is 1.64. The SMILES string of the molecule is Nc1cc(C2CCC(C(=O)O)NC2)nc2c(-c3ccnc4ccccc34)cnn12. The van der Waals surface area contributed by atoms with Gasteiger partial charge in [-0.05, 0) is 30.5 Å². The van der Waals surface area contributed by atoms with Crippen molar-refractivity contribution in [2.75, 3.05) is 12.3 Å². The van der Waals surface area contributed by atoms with Crippen molar-refractivity contribution < 1.29 is 9.90 Å². The van der Waals surface area contributed by atoms with E-state index in [0.717, 1.165) is 34.1 Å². The van der Waals surface area contributed by atoms with E-state index in [0.29, 0.717) is 24.4 Å². The molecule has 0 aliphatic carbocycles. The lowest BCUT2D eigenvalue weighted by Crippen LogP contribution is -2.43. The number of hydrogen-bond acceptors (Lipinski definition) is 6. The summed E-state index contributed by atoms with van der Waals surface area (Å²) in [5, 5.41) is 17.7. The summed E-state index contributed by atoms with van der Waals surface area (Å²) in [6.07, 6.45) is 4.87. The zero-order valence-corrected chi connectivity index (χ0v) is 15.6. The number of nitrogen functional groups attached to an aromatic ring is 1. The third-order valence-electron chi connectivity index (χ3n) is 5.59. The van der Waals surface area contributed by atoms with Crippen LogP contribution in [-0.2, 0) is 4.79 Å². The van der Waals surface area contributed by atoms with Crippen LogP contribution >= 0.6 is 0 Å². The zero-order chi connectivity index (χ0) is 20.0. The van der Waals surface area contributed by atoms with E-state index in [1.54, 1.807) is 16.9 Å². The molecule has 8 nitrogen and oxygen atoms in total. The predicted molar refractivity (Wildman–Crippen MR) is 110 cm³/mol. The molecule has 8 heteroatoms. The number of para-hydroxylation sites is 1. The molecule has 1 fully saturated rings. The average Bonchev–Trinajstić information content (AvgIpc) is 3.18. The number of aromatic nitrogens is 4. The second kappa shape index (κ2) is 6.82. The number of nitrogens with one attached hydrogen (secondary N) is 1. The molecule has 0 spiro atoms. The molecular weight excluding hydrogens is 368 g/mol. The molecule has 2 atom stereocenters. The van der Waals surface area contributed by atoms with E-state index >= 15 is 0 Å². The number of carboxylic acid groups (broad SMARTS) is 1. The van der Waals surface area contributed by atoms with Crippen molar-refractivity contribution in [3.8, 4) is 11.1 Å². The van der Waals surface area contributed by atoms with Gasteiger partial charge in [-0.2, -0.15) is 9.61 Å². The van der Waals surface area contributed by atoms with E-state index < -0.39 is 12.0 Å². The van der Waals surface area contributed by atoms with E-state index in [4.69, 9.17) is 10.7 Å². The van der Waals surface area contributed by atoms with Crippen LogP contribution in [0.25, 0.3) is 27.7 Å². The second-order valence-corrected chi connectivity index (χ2v) is 7.35. The van der Waals surface area contributed by atoms with E-state index in [2.05, 4.69) is 15.4 Å². The van der Waals surface area contributed by atoms with Crippen molar-refractivity contribution in [1.29, 1.82) is 0 Å². The van der Waals surface area contributed by atoms with Gasteiger partial charge in [0.25, 0.3) is 0 Å². The summed E-state index contributed by atoms with van der Waals surface area (Å²) in [6, 6.07) is 11.3. The Hall–Kier alpha value is -3.52. The maximum atomic E-state index is 11.2. The first-order valence-corrected chi connectivity index (χ1v) is 9.56. The Morgan fingerprint density at radius 3 is 2.86 bits per heavy atom. The number of aliphatic carboxylic acids is 1. The minimum absolute atomic E-state index is 0.106. The summed E-state index contributed by atoms with van der Waals surface area (Å²) in [5.74, 6) is -0.196. The minimum Gasteiger partial charge on any atom is -0.480 e. The third kappa shape index (κ3) is 2.98. The van der Waals surface area contributed by atoms with Crippen LogP contribution in [0.3, 0.4) is 0 Å². The van der Waals surface area contributed by atoms with Crippen LogP contribution in [0, 0.1) is 0 Å². The van der Waals surface area contributed by atoms with Gasteiger partial charge in [0.05, 0.1) is 17.4 Å². The molecule has 2 unspecified atom stereocenters. The summed E-state index contributed by atoms with van der Waals surface area (Å²) in [5.41, 5.74) is 10.6. The van der Waals surface area contributed by atoms with Gasteiger partial charge in [0.15, 0.2) is 5.65 Å². The molecule has 1 aliphatic rings. The van der Waals surface area contributed by atoms with Crippen LogP contribution in [0.4, 0.5) is 5.82 Å². The van der Waals surface area contributed by atoms with Crippen LogP contribution in [0.5, 0.6) is 0 Å². The van der Waals surface area contributed by atoms with E-state index in [1.165, 1.54) is 0 Å². The third-order valence-corrected chi connectivity index (χ3v) is 5.59. The highest BCUT2D eigenvalue weighted by Crippen LogP contribution is 2.32. The molecule has 0 radical (unpaired) electrons. The van der Waals surface area contributed by atoms with Crippen molar-refractivity contribution in [3.63, 3.8) is 0 Å². The van der Waals surface area contributed by atoms with Crippen LogP contribution < -0.4 is 11.1 Å². The largest absolute Gasteiger partial charge is 0.480 e. The summed E-state index contributed by atoms with van der Waals surface area (Å²) >= 11 is 0. The van der Waals surface area contributed by atoms with Crippen molar-refractivity contribution in [2.45, 2.75) is 24.8 Å². The highest BCUT2D eigenvalue weighted by Gasteiger charge is 2.27. The highest BCUT2D eigenvalue weighted by atomic mass is 16.4. The first-order valence-electron chi connectivity index (χ1n) is 9.56. The molecule has 0 amide bonds. The molecule has 29 heavy (non-hydrogen) atoms. The standard InChI is InChI=1S/C21H20N6O2/c22-19-9-18(12-5-6-17(21(28)29)24-10-12)26-20-15(11-25-27(19)20)13-7-8-23-16-4-2-1-3-14(13)16/h1-4,7-9,11-12,17,24H,5-6,10,22H2,(H,28,29). The first kappa shape index (κ1) is 17.6. The molecule has 5 rings (SSSR count). The summed E-state index contributed by atoms with van der Waals surface area (Å²) in [7, 11) is 0. The van der Waals surface area contributed by atoms with E-state index in [9.17, 15) is 9.90 Å². The molecule has 4 N–H and O–H groups in total. The number of carbonyl (C=O) groups is 1. The van der Waals surface area contributed by atoms with E-state index in [-0.39, 0.29) is 5.92 Å². The Morgan fingerprint density at radius 2 is 2.07 bits per heavy atom. The maximum absolute atomic E-state index is 11.2. The quantitative estimate of drug-likeness (QED) is 0.493. The second-order valence-electron chi connectivity index (χ2n) is 7.35. The molecule has 3 aromatic heterocycles. The Kier molecular flexibility index (Phi) is 4.13. The number of carboxylic acids is 1.